The lowest BCUT2D eigenvalue weighted by Gasteiger charge is -2.34. The number of imidazole rings is 1. The molecule has 0 amide bonds. The first-order valence-electron chi connectivity index (χ1n) is 9.90. The zero-order chi connectivity index (χ0) is 19.3. The summed E-state index contributed by atoms with van der Waals surface area (Å²) in [7, 11) is 1.74. The molecule has 1 N–H and O–H groups in total. The van der Waals surface area contributed by atoms with Gasteiger partial charge >= 0.3 is 0 Å². The highest BCUT2D eigenvalue weighted by Gasteiger charge is 2.20. The summed E-state index contributed by atoms with van der Waals surface area (Å²) in [6.07, 6.45) is 0. The largest absolute Gasteiger partial charge is 0.496 e. The van der Waals surface area contributed by atoms with Crippen molar-refractivity contribution in [1.82, 2.24) is 19.8 Å². The van der Waals surface area contributed by atoms with Crippen LogP contribution in [0.5, 0.6) is 5.75 Å². The second-order valence-corrected chi connectivity index (χ2v) is 7.39. The van der Waals surface area contributed by atoms with Crippen LogP contribution in [0.25, 0.3) is 11.4 Å². The smallest absolute Gasteiger partial charge is 0.137 e. The molecule has 2 heterocycles. The number of aromatic amines is 1. The molecule has 1 saturated heterocycles. The molecule has 0 atom stereocenters. The predicted molar refractivity (Wildman–Crippen MR) is 112 cm³/mol. The van der Waals surface area contributed by atoms with Gasteiger partial charge in [0.05, 0.1) is 12.8 Å². The van der Waals surface area contributed by atoms with Crippen LogP contribution in [0.4, 0.5) is 0 Å². The van der Waals surface area contributed by atoms with Crippen LogP contribution in [0.1, 0.15) is 17.0 Å². The Balaban J connectivity index is 1.34. The Morgan fingerprint density at radius 2 is 1.54 bits per heavy atom. The Hall–Kier alpha value is -2.63. The number of nitrogens with zero attached hydrogens (tertiary/aromatic N) is 3. The van der Waals surface area contributed by atoms with E-state index in [0.717, 1.165) is 67.8 Å². The van der Waals surface area contributed by atoms with E-state index in [9.17, 15) is 0 Å². The van der Waals surface area contributed by atoms with Gasteiger partial charge in [0.2, 0.25) is 0 Å². The molecule has 0 unspecified atom stereocenters. The molecule has 1 fully saturated rings. The number of methoxy groups -OCH3 is 1. The van der Waals surface area contributed by atoms with Crippen molar-refractivity contribution in [3.05, 3.63) is 71.5 Å². The Morgan fingerprint density at radius 3 is 2.25 bits per heavy atom. The number of aryl methyl sites for hydroxylation is 1. The molecule has 4 rings (SSSR count). The summed E-state index contributed by atoms with van der Waals surface area (Å²) in [6, 6.07) is 18.6. The fraction of sp³-hybridized carbons (Fsp3) is 0.348. The highest BCUT2D eigenvalue weighted by Crippen LogP contribution is 2.21. The van der Waals surface area contributed by atoms with Crippen molar-refractivity contribution in [1.29, 1.82) is 0 Å². The maximum absolute atomic E-state index is 5.49. The highest BCUT2D eigenvalue weighted by atomic mass is 16.5. The number of nitrogens with one attached hydrogen (secondary N) is 1. The highest BCUT2D eigenvalue weighted by molar-refractivity contribution is 5.55. The van der Waals surface area contributed by atoms with Crippen molar-refractivity contribution in [2.45, 2.75) is 20.0 Å². The molecule has 2 aromatic carbocycles. The minimum atomic E-state index is 0.900. The number of benzene rings is 2. The first-order chi connectivity index (χ1) is 13.7. The van der Waals surface area contributed by atoms with Crippen molar-refractivity contribution in [3.8, 4) is 17.1 Å². The van der Waals surface area contributed by atoms with E-state index in [4.69, 9.17) is 9.72 Å². The van der Waals surface area contributed by atoms with Crippen LogP contribution in [-0.2, 0) is 13.1 Å². The van der Waals surface area contributed by atoms with Crippen LogP contribution in [0, 0.1) is 6.92 Å². The first-order valence-corrected chi connectivity index (χ1v) is 9.90. The molecule has 3 aromatic rings. The van der Waals surface area contributed by atoms with Crippen LogP contribution in [-0.4, -0.2) is 53.1 Å². The van der Waals surface area contributed by atoms with E-state index in [1.165, 1.54) is 5.56 Å². The van der Waals surface area contributed by atoms with Crippen LogP contribution >= 0.6 is 0 Å². The zero-order valence-corrected chi connectivity index (χ0v) is 16.7. The zero-order valence-electron chi connectivity index (χ0n) is 16.7. The van der Waals surface area contributed by atoms with E-state index >= 15 is 0 Å². The number of piperazine rings is 1. The van der Waals surface area contributed by atoms with Gasteiger partial charge in [-0.25, -0.2) is 4.98 Å². The summed E-state index contributed by atoms with van der Waals surface area (Å²) >= 11 is 0. The lowest BCUT2D eigenvalue weighted by atomic mass is 10.1. The molecule has 0 aliphatic carbocycles. The minimum absolute atomic E-state index is 0.900. The molecule has 146 valence electrons. The van der Waals surface area contributed by atoms with E-state index in [-0.39, 0.29) is 0 Å². The predicted octanol–water partition coefficient (Wildman–Crippen LogP) is 3.71. The quantitative estimate of drug-likeness (QED) is 0.712. The molecule has 0 radical (unpaired) electrons. The number of hydrogen-bond acceptors (Lipinski definition) is 4. The standard InChI is InChI=1S/C23H28N4O/c1-18-21(25-23(24-18)19-8-4-3-5-9-19)17-27-14-12-26(13-15-27)16-20-10-6-7-11-22(20)28-2/h3-11H,12-17H2,1-2H3,(H,24,25). The normalized spacial score (nSPS) is 15.6. The molecule has 5 heteroatoms. The number of H-pyrrole nitrogens is 1. The average molecular weight is 377 g/mol. The van der Waals surface area contributed by atoms with Crippen LogP contribution in [0.2, 0.25) is 0 Å². The van der Waals surface area contributed by atoms with Crippen LogP contribution < -0.4 is 4.74 Å². The molecule has 1 aliphatic rings. The number of aromatic nitrogens is 2. The third kappa shape index (κ3) is 4.26. The third-order valence-corrected chi connectivity index (χ3v) is 5.46. The topological polar surface area (TPSA) is 44.4 Å². The van der Waals surface area contributed by atoms with Crippen molar-refractivity contribution in [3.63, 3.8) is 0 Å². The first kappa shape index (κ1) is 18.7. The van der Waals surface area contributed by atoms with Gasteiger partial charge in [-0.05, 0) is 13.0 Å². The molecular weight excluding hydrogens is 348 g/mol. The molecule has 0 spiro atoms. The van der Waals surface area contributed by atoms with E-state index in [1.54, 1.807) is 7.11 Å². The van der Waals surface area contributed by atoms with Gasteiger partial charge in [0.15, 0.2) is 0 Å². The summed E-state index contributed by atoms with van der Waals surface area (Å²) in [5, 5.41) is 0. The van der Waals surface area contributed by atoms with Gasteiger partial charge in [0.25, 0.3) is 0 Å². The fourth-order valence-electron chi connectivity index (χ4n) is 3.78. The monoisotopic (exact) mass is 376 g/mol. The van der Waals surface area contributed by atoms with Gasteiger partial charge in [0, 0.05) is 56.1 Å². The average Bonchev–Trinajstić information content (AvgIpc) is 3.11. The molecule has 28 heavy (non-hydrogen) atoms. The summed E-state index contributed by atoms with van der Waals surface area (Å²) in [4.78, 5) is 13.3. The summed E-state index contributed by atoms with van der Waals surface area (Å²) < 4.78 is 5.49. The fourth-order valence-corrected chi connectivity index (χ4v) is 3.78. The summed E-state index contributed by atoms with van der Waals surface area (Å²) in [6.45, 7) is 8.20. The summed E-state index contributed by atoms with van der Waals surface area (Å²) in [5.41, 5.74) is 4.71. The van der Waals surface area contributed by atoms with Crippen molar-refractivity contribution in [2.75, 3.05) is 33.3 Å². The molecule has 0 bridgehead atoms. The number of ether oxygens (including phenoxy) is 1. The van der Waals surface area contributed by atoms with Gasteiger partial charge in [-0.15, -0.1) is 0 Å². The van der Waals surface area contributed by atoms with Crippen LogP contribution in [0.3, 0.4) is 0 Å². The van der Waals surface area contributed by atoms with E-state index in [1.807, 2.05) is 30.3 Å². The summed E-state index contributed by atoms with van der Waals surface area (Å²) in [5.74, 6) is 1.94. The van der Waals surface area contributed by atoms with Gasteiger partial charge in [-0.3, -0.25) is 9.80 Å². The maximum Gasteiger partial charge on any atom is 0.137 e. The Bertz CT molecular complexity index is 898. The molecular formula is C23H28N4O. The lowest BCUT2D eigenvalue weighted by Crippen LogP contribution is -2.45. The molecule has 1 aliphatic heterocycles. The third-order valence-electron chi connectivity index (χ3n) is 5.46. The van der Waals surface area contributed by atoms with E-state index < -0.39 is 0 Å². The molecule has 1 aromatic heterocycles. The van der Waals surface area contributed by atoms with Gasteiger partial charge in [-0.2, -0.15) is 0 Å². The number of rotatable bonds is 6. The Kier molecular flexibility index (Phi) is 5.74. The molecule has 5 nitrogen and oxygen atoms in total. The number of hydrogen-bond donors (Lipinski definition) is 1. The van der Waals surface area contributed by atoms with E-state index in [2.05, 4.69) is 46.0 Å². The Morgan fingerprint density at radius 1 is 0.893 bits per heavy atom. The van der Waals surface area contributed by atoms with Gasteiger partial charge in [0.1, 0.15) is 11.6 Å². The van der Waals surface area contributed by atoms with Gasteiger partial charge in [-0.1, -0.05) is 48.5 Å². The van der Waals surface area contributed by atoms with Crippen LogP contribution in [0.15, 0.2) is 54.6 Å². The maximum atomic E-state index is 5.49. The number of para-hydroxylation sites is 1. The Labute approximate surface area is 167 Å². The molecule has 0 saturated carbocycles. The van der Waals surface area contributed by atoms with Crippen molar-refractivity contribution < 1.29 is 4.74 Å². The van der Waals surface area contributed by atoms with Gasteiger partial charge < -0.3 is 9.72 Å². The lowest BCUT2D eigenvalue weighted by molar-refractivity contribution is 0.120. The second-order valence-electron chi connectivity index (χ2n) is 7.39. The van der Waals surface area contributed by atoms with E-state index in [0.29, 0.717) is 0 Å². The minimum Gasteiger partial charge on any atom is -0.496 e. The van der Waals surface area contributed by atoms with Crippen molar-refractivity contribution in [2.24, 2.45) is 0 Å². The second kappa shape index (κ2) is 8.59. The SMILES string of the molecule is COc1ccccc1CN1CCN(Cc2nc(-c3ccccc3)[nH]c2C)CC1. The van der Waals surface area contributed by atoms with Crippen molar-refractivity contribution >= 4 is 0 Å².